The number of nitrogens with one attached hydrogen (secondary N) is 1. The highest BCUT2D eigenvalue weighted by atomic mass is 32.2. The molecular weight excluding hydrogens is 370 g/mol. The summed E-state index contributed by atoms with van der Waals surface area (Å²) in [5.74, 6) is 0.745. The molecule has 0 unspecified atom stereocenters. The van der Waals surface area contributed by atoms with Crippen LogP contribution in [0.1, 0.15) is 11.4 Å². The zero-order valence-electron chi connectivity index (χ0n) is 13.8. The lowest BCUT2D eigenvalue weighted by molar-refractivity contribution is 0.581. The number of nitrogens with zero attached hydrogens (tertiary/aromatic N) is 4. The second-order valence-corrected chi connectivity index (χ2v) is 8.41. The molecule has 0 amide bonds. The molecule has 0 aliphatic heterocycles. The lowest BCUT2D eigenvalue weighted by Crippen LogP contribution is -2.23. The van der Waals surface area contributed by atoms with Crippen LogP contribution in [-0.2, 0) is 16.6 Å². The highest BCUT2D eigenvalue weighted by Crippen LogP contribution is 2.25. The first-order valence-electron chi connectivity index (χ1n) is 7.86. The lowest BCUT2D eigenvalue weighted by Gasteiger charge is -2.07. The quantitative estimate of drug-likeness (QED) is 0.570. The molecule has 2 aromatic heterocycles. The van der Waals surface area contributed by atoms with Crippen molar-refractivity contribution in [2.75, 3.05) is 0 Å². The van der Waals surface area contributed by atoms with Crippen molar-refractivity contribution in [3.05, 3.63) is 66.0 Å². The zero-order chi connectivity index (χ0) is 18.1. The van der Waals surface area contributed by atoms with Gasteiger partial charge in [-0.25, -0.2) is 13.1 Å². The molecule has 2 aromatic carbocycles. The van der Waals surface area contributed by atoms with Crippen molar-refractivity contribution in [3.63, 3.8) is 0 Å². The zero-order valence-corrected chi connectivity index (χ0v) is 15.5. The number of benzene rings is 2. The third-order valence-corrected chi connectivity index (χ3v) is 6.23. The topological polar surface area (TPSA) is 89.2 Å². The van der Waals surface area contributed by atoms with Crippen molar-refractivity contribution in [2.24, 2.45) is 0 Å². The van der Waals surface area contributed by atoms with Gasteiger partial charge in [-0.15, -0.1) is 10.2 Å². The summed E-state index contributed by atoms with van der Waals surface area (Å²) < 4.78 is 28.8. The molecule has 4 rings (SSSR count). The Morgan fingerprint density at radius 2 is 1.77 bits per heavy atom. The average molecular weight is 385 g/mol. The molecule has 0 radical (unpaired) electrons. The van der Waals surface area contributed by atoms with Gasteiger partial charge in [0.15, 0.2) is 5.82 Å². The van der Waals surface area contributed by atoms with Gasteiger partial charge in [0.05, 0.1) is 4.90 Å². The number of aryl methyl sites for hydroxylation is 1. The van der Waals surface area contributed by atoms with Gasteiger partial charge in [-0.3, -0.25) is 0 Å². The maximum absolute atomic E-state index is 12.3. The van der Waals surface area contributed by atoms with E-state index in [1.165, 1.54) is 11.3 Å². The second kappa shape index (κ2) is 6.60. The lowest BCUT2D eigenvalue weighted by atomic mass is 10.1. The number of fused-ring (bicyclic) bond motifs is 1. The van der Waals surface area contributed by atoms with Gasteiger partial charge in [0, 0.05) is 12.1 Å². The summed E-state index contributed by atoms with van der Waals surface area (Å²) in [6.45, 7) is 2.08. The maximum Gasteiger partial charge on any atom is 0.240 e. The molecule has 4 aromatic rings. The third kappa shape index (κ3) is 3.24. The summed E-state index contributed by atoms with van der Waals surface area (Å²) in [4.78, 5) is 1.00. The highest BCUT2D eigenvalue weighted by Gasteiger charge is 2.13. The van der Waals surface area contributed by atoms with Crippen LogP contribution in [0, 0.1) is 6.92 Å². The normalized spacial score (nSPS) is 11.9. The van der Waals surface area contributed by atoms with Gasteiger partial charge in [-0.05, 0) is 24.6 Å². The first kappa shape index (κ1) is 16.8. The molecule has 2 heterocycles. The van der Waals surface area contributed by atoms with E-state index in [0.717, 1.165) is 26.9 Å². The smallest absolute Gasteiger partial charge is 0.207 e. The summed E-state index contributed by atoms with van der Waals surface area (Å²) in [7, 11) is -3.51. The summed E-state index contributed by atoms with van der Waals surface area (Å²) in [5.41, 5.74) is 1.82. The van der Waals surface area contributed by atoms with E-state index in [9.17, 15) is 8.42 Å². The van der Waals surface area contributed by atoms with Gasteiger partial charge in [0.1, 0.15) is 5.01 Å². The molecule has 0 aliphatic carbocycles. The van der Waals surface area contributed by atoms with Crippen LogP contribution < -0.4 is 4.72 Å². The van der Waals surface area contributed by atoms with Gasteiger partial charge in [0.2, 0.25) is 15.0 Å². The predicted molar refractivity (Wildman–Crippen MR) is 99.3 cm³/mol. The standard InChI is InChI=1S/C17H15N5O2S2/c1-12-19-20-17-22(12)21-16(25-17)14-9-7-13(8-10-14)11-18-26(23,24)15-5-3-2-4-6-15/h2-10,18H,11H2,1H3. The second-order valence-electron chi connectivity index (χ2n) is 5.68. The van der Waals surface area contributed by atoms with Crippen LogP contribution in [-0.4, -0.2) is 28.2 Å². The molecule has 0 fully saturated rings. The van der Waals surface area contributed by atoms with Crippen molar-refractivity contribution in [1.29, 1.82) is 0 Å². The minimum absolute atomic E-state index is 0.224. The fourth-order valence-electron chi connectivity index (χ4n) is 2.46. The van der Waals surface area contributed by atoms with Gasteiger partial charge in [-0.1, -0.05) is 53.8 Å². The Balaban J connectivity index is 1.49. The molecule has 1 N–H and O–H groups in total. The van der Waals surface area contributed by atoms with Crippen LogP contribution in [0.5, 0.6) is 0 Å². The van der Waals surface area contributed by atoms with Gasteiger partial charge < -0.3 is 0 Å². The molecular formula is C17H15N5O2S2. The van der Waals surface area contributed by atoms with Crippen LogP contribution in [0.2, 0.25) is 0 Å². The minimum atomic E-state index is -3.51. The maximum atomic E-state index is 12.3. The Labute approximate surface area is 154 Å². The predicted octanol–water partition coefficient (Wildman–Crippen LogP) is 2.64. The van der Waals surface area contributed by atoms with E-state index in [4.69, 9.17) is 0 Å². The van der Waals surface area contributed by atoms with Crippen molar-refractivity contribution in [3.8, 4) is 10.6 Å². The molecule has 0 spiro atoms. The van der Waals surface area contributed by atoms with E-state index < -0.39 is 10.0 Å². The van der Waals surface area contributed by atoms with Crippen LogP contribution in [0.15, 0.2) is 59.5 Å². The fourth-order valence-corrected chi connectivity index (χ4v) is 4.39. The Morgan fingerprint density at radius 1 is 1.04 bits per heavy atom. The molecule has 0 bridgehead atoms. The first-order valence-corrected chi connectivity index (χ1v) is 10.2. The Bertz CT molecular complexity index is 1150. The minimum Gasteiger partial charge on any atom is -0.207 e. The van der Waals surface area contributed by atoms with E-state index in [1.54, 1.807) is 34.8 Å². The molecule has 0 saturated carbocycles. The summed E-state index contributed by atoms with van der Waals surface area (Å²) in [5, 5.41) is 13.4. The number of aromatic nitrogens is 4. The van der Waals surface area contributed by atoms with E-state index in [-0.39, 0.29) is 11.4 Å². The van der Waals surface area contributed by atoms with E-state index in [1.807, 2.05) is 31.2 Å². The van der Waals surface area contributed by atoms with Crippen molar-refractivity contribution in [2.45, 2.75) is 18.4 Å². The molecule has 0 saturated heterocycles. The molecule has 9 heteroatoms. The van der Waals surface area contributed by atoms with E-state index in [0.29, 0.717) is 0 Å². The molecule has 0 atom stereocenters. The van der Waals surface area contributed by atoms with Gasteiger partial charge in [-0.2, -0.15) is 9.61 Å². The summed E-state index contributed by atoms with van der Waals surface area (Å²) >= 11 is 1.46. The molecule has 7 nitrogen and oxygen atoms in total. The number of hydrogen-bond donors (Lipinski definition) is 1. The van der Waals surface area contributed by atoms with Crippen LogP contribution in [0.25, 0.3) is 15.5 Å². The molecule has 0 aliphatic rings. The highest BCUT2D eigenvalue weighted by molar-refractivity contribution is 7.89. The average Bonchev–Trinajstić information content (AvgIpc) is 3.24. The third-order valence-electron chi connectivity index (χ3n) is 3.87. The molecule has 132 valence electrons. The van der Waals surface area contributed by atoms with Crippen LogP contribution in [0.3, 0.4) is 0 Å². The van der Waals surface area contributed by atoms with Crippen molar-refractivity contribution in [1.82, 2.24) is 24.5 Å². The van der Waals surface area contributed by atoms with E-state index >= 15 is 0 Å². The molecule has 26 heavy (non-hydrogen) atoms. The monoisotopic (exact) mass is 385 g/mol. The Hall–Kier alpha value is -2.62. The number of hydrogen-bond acceptors (Lipinski definition) is 6. The van der Waals surface area contributed by atoms with E-state index in [2.05, 4.69) is 20.0 Å². The van der Waals surface area contributed by atoms with Gasteiger partial charge in [0.25, 0.3) is 0 Å². The summed E-state index contributed by atoms with van der Waals surface area (Å²) in [6, 6.07) is 15.9. The van der Waals surface area contributed by atoms with Crippen LogP contribution >= 0.6 is 11.3 Å². The Morgan fingerprint density at radius 3 is 2.46 bits per heavy atom. The number of rotatable bonds is 5. The van der Waals surface area contributed by atoms with Crippen molar-refractivity contribution >= 4 is 26.3 Å². The van der Waals surface area contributed by atoms with Gasteiger partial charge >= 0.3 is 0 Å². The SMILES string of the molecule is Cc1nnc2sc(-c3ccc(CNS(=O)(=O)c4ccccc4)cc3)nn12. The number of sulfonamides is 1. The van der Waals surface area contributed by atoms with Crippen LogP contribution in [0.4, 0.5) is 0 Å². The largest absolute Gasteiger partial charge is 0.240 e. The fraction of sp³-hybridized carbons (Fsp3) is 0.118. The van der Waals surface area contributed by atoms with Crippen molar-refractivity contribution < 1.29 is 8.42 Å². The Kier molecular flexibility index (Phi) is 4.27. The first-order chi connectivity index (χ1) is 12.5. The summed E-state index contributed by atoms with van der Waals surface area (Å²) in [6.07, 6.45) is 0.